The van der Waals surface area contributed by atoms with Gasteiger partial charge in [0.25, 0.3) is 0 Å². The van der Waals surface area contributed by atoms with Crippen molar-refractivity contribution in [3.63, 3.8) is 0 Å². The average molecular weight is 508 g/mol. The van der Waals surface area contributed by atoms with E-state index in [1.54, 1.807) is 25.1 Å². The van der Waals surface area contributed by atoms with Gasteiger partial charge in [-0.25, -0.2) is 0 Å². The quantitative estimate of drug-likeness (QED) is 0.337. The Morgan fingerprint density at radius 1 is 1.22 bits per heavy atom. The van der Waals surface area contributed by atoms with Crippen molar-refractivity contribution in [1.82, 2.24) is 10.3 Å². The van der Waals surface area contributed by atoms with Crippen LogP contribution in [0.3, 0.4) is 0 Å². The number of ether oxygens (including phenoxy) is 2. The zero-order valence-electron chi connectivity index (χ0n) is 20.5. The van der Waals surface area contributed by atoms with Gasteiger partial charge in [0.15, 0.2) is 0 Å². The Kier molecular flexibility index (Phi) is 8.47. The summed E-state index contributed by atoms with van der Waals surface area (Å²) < 4.78 is 11.7. The molecule has 3 aromatic rings. The van der Waals surface area contributed by atoms with Crippen molar-refractivity contribution in [3.8, 4) is 17.6 Å². The van der Waals surface area contributed by atoms with E-state index in [0.717, 1.165) is 13.0 Å². The Morgan fingerprint density at radius 2 is 2.08 bits per heavy atom. The Hall–Kier alpha value is -3.54. The molecular formula is C27H30ClN5O3. The molecule has 1 aromatic heterocycles. The van der Waals surface area contributed by atoms with Gasteiger partial charge in [0.2, 0.25) is 5.91 Å². The number of halogens is 1. The van der Waals surface area contributed by atoms with Crippen LogP contribution >= 0.6 is 11.6 Å². The molecule has 36 heavy (non-hydrogen) atoms. The number of fused-ring (bicyclic) bond motifs is 1. The van der Waals surface area contributed by atoms with Crippen LogP contribution in [0.1, 0.15) is 45.1 Å². The second-order valence-electron chi connectivity index (χ2n) is 8.59. The van der Waals surface area contributed by atoms with Gasteiger partial charge in [0.05, 0.1) is 34.1 Å². The molecule has 1 atom stereocenters. The van der Waals surface area contributed by atoms with Crippen molar-refractivity contribution >= 4 is 45.5 Å². The minimum absolute atomic E-state index is 0.139. The highest BCUT2D eigenvalue weighted by Crippen LogP contribution is 2.37. The number of hydrogen-bond acceptors (Lipinski definition) is 7. The standard InChI is InChI=1S/C27H30ClN5O3/c1-3-26(34)33-23-12-20-22(13-25(23)35-4-2)31-15-17(14-29)27(20)32-18-8-9-24(21(28)11-18)36-16-19-7-5-6-10-30-19/h8-9,11-13,15,19,30H,3-7,10,16H2,1-2H3,(H,31,32)(H,33,34). The summed E-state index contributed by atoms with van der Waals surface area (Å²) in [5.41, 5.74) is 2.77. The van der Waals surface area contributed by atoms with Gasteiger partial charge in [-0.05, 0) is 50.6 Å². The first kappa shape index (κ1) is 25.5. The number of nitriles is 1. The third-order valence-corrected chi connectivity index (χ3v) is 6.33. The minimum Gasteiger partial charge on any atom is -0.492 e. The second kappa shape index (κ2) is 11.9. The highest BCUT2D eigenvalue weighted by atomic mass is 35.5. The predicted octanol–water partition coefficient (Wildman–Crippen LogP) is 5.77. The number of pyridine rings is 1. The molecule has 0 spiro atoms. The lowest BCUT2D eigenvalue weighted by Crippen LogP contribution is -2.38. The van der Waals surface area contributed by atoms with Crippen molar-refractivity contribution in [1.29, 1.82) is 5.26 Å². The monoisotopic (exact) mass is 507 g/mol. The smallest absolute Gasteiger partial charge is 0.224 e. The summed E-state index contributed by atoms with van der Waals surface area (Å²) in [6, 6.07) is 11.5. The van der Waals surface area contributed by atoms with Gasteiger partial charge in [-0.1, -0.05) is 24.9 Å². The first-order valence-corrected chi connectivity index (χ1v) is 12.6. The van der Waals surface area contributed by atoms with Crippen molar-refractivity contribution < 1.29 is 14.3 Å². The summed E-state index contributed by atoms with van der Waals surface area (Å²) in [6.45, 7) is 5.67. The van der Waals surface area contributed by atoms with Crippen molar-refractivity contribution in [2.24, 2.45) is 0 Å². The summed E-state index contributed by atoms with van der Waals surface area (Å²) in [6.07, 6.45) is 5.34. The Morgan fingerprint density at radius 3 is 2.78 bits per heavy atom. The Bertz CT molecular complexity index is 1280. The van der Waals surface area contributed by atoms with E-state index in [1.165, 1.54) is 19.0 Å². The number of nitrogens with zero attached hydrogens (tertiary/aromatic N) is 2. The van der Waals surface area contributed by atoms with Gasteiger partial charge in [-0.3, -0.25) is 9.78 Å². The zero-order chi connectivity index (χ0) is 25.5. The van der Waals surface area contributed by atoms with Gasteiger partial charge < -0.3 is 25.4 Å². The second-order valence-corrected chi connectivity index (χ2v) is 8.99. The summed E-state index contributed by atoms with van der Waals surface area (Å²) in [4.78, 5) is 16.5. The maximum Gasteiger partial charge on any atom is 0.224 e. The third-order valence-electron chi connectivity index (χ3n) is 6.04. The van der Waals surface area contributed by atoms with Crippen molar-refractivity contribution in [3.05, 3.63) is 47.1 Å². The molecule has 1 fully saturated rings. The number of amides is 1. The largest absolute Gasteiger partial charge is 0.492 e. The number of piperidine rings is 1. The number of benzene rings is 2. The lowest BCUT2D eigenvalue weighted by molar-refractivity contribution is -0.115. The number of carbonyl (C=O) groups excluding carboxylic acids is 1. The highest BCUT2D eigenvalue weighted by molar-refractivity contribution is 6.32. The maximum absolute atomic E-state index is 12.1. The first-order chi connectivity index (χ1) is 17.5. The summed E-state index contributed by atoms with van der Waals surface area (Å²) in [5.74, 6) is 0.993. The van der Waals surface area contributed by atoms with Gasteiger partial charge in [-0.2, -0.15) is 5.26 Å². The summed E-state index contributed by atoms with van der Waals surface area (Å²) in [7, 11) is 0. The molecule has 8 nitrogen and oxygen atoms in total. The number of rotatable bonds is 9. The third kappa shape index (κ3) is 5.99. The molecule has 1 amide bonds. The normalized spacial score (nSPS) is 15.2. The topological polar surface area (TPSA) is 108 Å². The van der Waals surface area contributed by atoms with E-state index in [9.17, 15) is 10.1 Å². The van der Waals surface area contributed by atoms with Crippen LogP contribution in [0, 0.1) is 11.3 Å². The Labute approximate surface area is 215 Å². The molecule has 1 unspecified atom stereocenters. The van der Waals surface area contributed by atoms with E-state index in [0.29, 0.717) is 75.7 Å². The van der Waals surface area contributed by atoms with Crippen LogP contribution in [0.4, 0.5) is 17.1 Å². The summed E-state index contributed by atoms with van der Waals surface area (Å²) >= 11 is 6.53. The van der Waals surface area contributed by atoms with Crippen LogP contribution < -0.4 is 25.4 Å². The molecule has 1 aliphatic rings. The molecule has 1 aliphatic heterocycles. The lowest BCUT2D eigenvalue weighted by Gasteiger charge is -2.23. The van der Waals surface area contributed by atoms with Crippen LogP contribution in [0.15, 0.2) is 36.5 Å². The fraction of sp³-hybridized carbons (Fsp3) is 0.370. The van der Waals surface area contributed by atoms with Crippen LogP contribution in [0.25, 0.3) is 10.9 Å². The SMILES string of the molecule is CCOc1cc2ncc(C#N)c(Nc3ccc(OCC4CCCCN4)c(Cl)c3)c2cc1NC(=O)CC. The van der Waals surface area contributed by atoms with Gasteiger partial charge >= 0.3 is 0 Å². The van der Waals surface area contributed by atoms with Crippen LogP contribution in [0.5, 0.6) is 11.5 Å². The van der Waals surface area contributed by atoms with Crippen LogP contribution in [0.2, 0.25) is 5.02 Å². The molecule has 0 saturated carbocycles. The molecule has 188 valence electrons. The highest BCUT2D eigenvalue weighted by Gasteiger charge is 2.17. The van der Waals surface area contributed by atoms with E-state index < -0.39 is 0 Å². The molecule has 3 N–H and O–H groups in total. The molecule has 2 aromatic carbocycles. The molecule has 2 heterocycles. The lowest BCUT2D eigenvalue weighted by atomic mass is 10.1. The fourth-order valence-corrected chi connectivity index (χ4v) is 4.38. The van der Waals surface area contributed by atoms with E-state index in [4.69, 9.17) is 21.1 Å². The van der Waals surface area contributed by atoms with Gasteiger partial charge in [0, 0.05) is 35.8 Å². The van der Waals surface area contributed by atoms with Crippen LogP contribution in [-0.4, -0.2) is 36.7 Å². The first-order valence-electron chi connectivity index (χ1n) is 12.2. The molecule has 0 bridgehead atoms. The summed E-state index contributed by atoms with van der Waals surface area (Å²) in [5, 5.41) is 20.6. The zero-order valence-corrected chi connectivity index (χ0v) is 21.2. The van der Waals surface area contributed by atoms with E-state index in [1.807, 2.05) is 19.1 Å². The number of carbonyl (C=O) groups is 1. The van der Waals surface area contributed by atoms with Gasteiger partial charge in [0.1, 0.15) is 24.2 Å². The predicted molar refractivity (Wildman–Crippen MR) is 142 cm³/mol. The van der Waals surface area contributed by atoms with Crippen LogP contribution in [-0.2, 0) is 4.79 Å². The number of hydrogen-bond donors (Lipinski definition) is 3. The number of aromatic nitrogens is 1. The fourth-order valence-electron chi connectivity index (χ4n) is 4.15. The molecular weight excluding hydrogens is 478 g/mol. The maximum atomic E-state index is 12.1. The minimum atomic E-state index is -0.139. The van der Waals surface area contributed by atoms with E-state index in [2.05, 4.69) is 27.0 Å². The number of nitrogens with one attached hydrogen (secondary N) is 3. The van der Waals surface area contributed by atoms with Crippen molar-refractivity contribution in [2.75, 3.05) is 30.4 Å². The number of anilines is 3. The average Bonchev–Trinajstić information content (AvgIpc) is 2.89. The molecule has 0 radical (unpaired) electrons. The Balaban J connectivity index is 1.64. The van der Waals surface area contributed by atoms with E-state index in [-0.39, 0.29) is 5.91 Å². The molecule has 9 heteroatoms. The van der Waals surface area contributed by atoms with Gasteiger partial charge in [-0.15, -0.1) is 0 Å². The molecule has 0 aliphatic carbocycles. The van der Waals surface area contributed by atoms with E-state index >= 15 is 0 Å². The molecule has 4 rings (SSSR count). The molecule has 1 saturated heterocycles. The van der Waals surface area contributed by atoms with Crippen molar-refractivity contribution in [2.45, 2.75) is 45.6 Å².